The summed E-state index contributed by atoms with van der Waals surface area (Å²) in [6.45, 7) is 0. The average molecular weight is 290 g/mol. The van der Waals surface area contributed by atoms with Gasteiger partial charge in [-0.15, -0.1) is 0 Å². The molecule has 1 aromatic rings. The largest absolute Gasteiger partial charge is 0.493 e. The number of alkyl halides is 1. The van der Waals surface area contributed by atoms with E-state index in [9.17, 15) is 0 Å². The van der Waals surface area contributed by atoms with Crippen LogP contribution in [0.5, 0.6) is 11.5 Å². The van der Waals surface area contributed by atoms with Crippen molar-refractivity contribution in [3.8, 4) is 11.5 Å². The minimum atomic E-state index is 0.326. The molecule has 0 aliphatic carbocycles. The van der Waals surface area contributed by atoms with Gasteiger partial charge in [0.1, 0.15) is 6.10 Å². The van der Waals surface area contributed by atoms with Crippen LogP contribution in [0.3, 0.4) is 0 Å². The van der Waals surface area contributed by atoms with Crippen LogP contribution in [0.4, 0.5) is 0 Å². The first kappa shape index (κ1) is 9.12. The molecule has 2 nitrogen and oxygen atoms in total. The van der Waals surface area contributed by atoms with Gasteiger partial charge in [0, 0.05) is 16.4 Å². The van der Waals surface area contributed by atoms with Gasteiger partial charge in [-0.1, -0.05) is 34.7 Å². The lowest BCUT2D eigenvalue weighted by atomic mass is 10.1. The summed E-state index contributed by atoms with van der Waals surface area (Å²) in [5.41, 5.74) is 1.26. The molecule has 0 saturated carbocycles. The number of hydrogen-bond acceptors (Lipinski definition) is 2. The number of fused-ring (bicyclic) bond motifs is 1. The van der Waals surface area contributed by atoms with Crippen molar-refractivity contribution in [2.75, 3.05) is 11.5 Å². The fourth-order valence-electron chi connectivity index (χ4n) is 1.56. The van der Waals surface area contributed by atoms with Crippen LogP contribution in [0.25, 0.3) is 0 Å². The number of rotatable bonds is 2. The Morgan fingerprint density at radius 3 is 3.15 bits per heavy atom. The monoisotopic (exact) mass is 290 g/mol. The summed E-state index contributed by atoms with van der Waals surface area (Å²) in [6.07, 6.45) is 1.34. The predicted molar refractivity (Wildman–Crippen MR) is 60.0 cm³/mol. The lowest BCUT2D eigenvalue weighted by Gasteiger charge is -2.08. The Morgan fingerprint density at radius 2 is 2.46 bits per heavy atom. The van der Waals surface area contributed by atoms with Crippen LogP contribution in [0.1, 0.15) is 5.56 Å². The van der Waals surface area contributed by atoms with Crippen LogP contribution >= 0.6 is 22.6 Å². The fraction of sp³-hybridized carbons (Fsp3) is 0.400. The van der Waals surface area contributed by atoms with Gasteiger partial charge >= 0.3 is 0 Å². The Labute approximate surface area is 91.4 Å². The van der Waals surface area contributed by atoms with E-state index in [2.05, 4.69) is 28.7 Å². The summed E-state index contributed by atoms with van der Waals surface area (Å²) < 4.78 is 12.0. The number of hydrogen-bond donors (Lipinski definition) is 0. The highest BCUT2D eigenvalue weighted by atomic mass is 127. The summed E-state index contributed by atoms with van der Waals surface area (Å²) >= 11 is 2.35. The third kappa shape index (κ3) is 1.61. The molecule has 1 atom stereocenters. The molecule has 0 fully saturated rings. The Hall–Kier alpha value is -0.450. The molecule has 2 rings (SSSR count). The van der Waals surface area contributed by atoms with E-state index in [0.717, 1.165) is 22.3 Å². The molecule has 0 unspecified atom stereocenters. The van der Waals surface area contributed by atoms with Gasteiger partial charge in [-0.05, 0) is 6.07 Å². The van der Waals surface area contributed by atoms with E-state index < -0.39 is 0 Å². The average Bonchev–Trinajstić information content (AvgIpc) is 2.59. The van der Waals surface area contributed by atoms with Crippen LogP contribution in [0.2, 0.25) is 0 Å². The minimum Gasteiger partial charge on any atom is -0.493 e. The summed E-state index contributed by atoms with van der Waals surface area (Å²) in [6, 6.07) is 6.05. The van der Waals surface area contributed by atoms with E-state index in [1.54, 1.807) is 7.11 Å². The number of ether oxygens (including phenoxy) is 2. The molecule has 0 N–H and O–H groups in total. The Bertz CT molecular complexity index is 312. The summed E-state index contributed by atoms with van der Waals surface area (Å²) in [5.74, 6) is 1.79. The van der Waals surface area contributed by atoms with Gasteiger partial charge in [-0.25, -0.2) is 0 Å². The molecule has 1 heterocycles. The molecular weight excluding hydrogens is 279 g/mol. The first-order valence-electron chi connectivity index (χ1n) is 4.23. The number of methoxy groups -OCH3 is 1. The van der Waals surface area contributed by atoms with Crippen molar-refractivity contribution in [1.29, 1.82) is 0 Å². The van der Waals surface area contributed by atoms with Crippen molar-refractivity contribution in [3.63, 3.8) is 0 Å². The van der Waals surface area contributed by atoms with Gasteiger partial charge in [-0.2, -0.15) is 0 Å². The van der Waals surface area contributed by atoms with Crippen LogP contribution in [-0.2, 0) is 6.42 Å². The van der Waals surface area contributed by atoms with E-state index in [0.29, 0.717) is 6.10 Å². The number of halogens is 1. The standard InChI is InChI=1S/C10H11IO2/c1-12-9-4-2-3-7-5-8(6-11)13-10(7)9/h2-4,8H,5-6H2,1H3/t8-/m1/s1. The lowest BCUT2D eigenvalue weighted by molar-refractivity contribution is 0.250. The maximum absolute atomic E-state index is 5.75. The molecule has 0 aromatic heterocycles. The van der Waals surface area contributed by atoms with Crippen molar-refractivity contribution in [2.24, 2.45) is 0 Å². The van der Waals surface area contributed by atoms with Gasteiger partial charge in [-0.3, -0.25) is 0 Å². The molecule has 13 heavy (non-hydrogen) atoms. The fourth-order valence-corrected chi connectivity index (χ4v) is 2.05. The van der Waals surface area contributed by atoms with Crippen molar-refractivity contribution >= 4 is 22.6 Å². The van der Waals surface area contributed by atoms with Gasteiger partial charge < -0.3 is 9.47 Å². The molecule has 1 aliphatic heterocycles. The zero-order chi connectivity index (χ0) is 9.26. The predicted octanol–water partition coefficient (Wildman–Crippen LogP) is 2.43. The van der Waals surface area contributed by atoms with Gasteiger partial charge in [0.2, 0.25) is 0 Å². The first-order valence-corrected chi connectivity index (χ1v) is 5.76. The summed E-state index contributed by atoms with van der Waals surface area (Å²) in [5, 5.41) is 0. The quantitative estimate of drug-likeness (QED) is 0.615. The third-order valence-corrected chi connectivity index (χ3v) is 3.17. The number of para-hydroxylation sites is 1. The lowest BCUT2D eigenvalue weighted by Crippen LogP contribution is -2.13. The van der Waals surface area contributed by atoms with Crippen molar-refractivity contribution in [3.05, 3.63) is 23.8 Å². The smallest absolute Gasteiger partial charge is 0.164 e. The van der Waals surface area contributed by atoms with E-state index in [-0.39, 0.29) is 0 Å². The normalized spacial score (nSPS) is 19.4. The molecule has 3 heteroatoms. The van der Waals surface area contributed by atoms with Crippen molar-refractivity contribution in [2.45, 2.75) is 12.5 Å². The summed E-state index contributed by atoms with van der Waals surface area (Å²) in [7, 11) is 1.68. The zero-order valence-corrected chi connectivity index (χ0v) is 9.58. The third-order valence-electron chi connectivity index (χ3n) is 2.18. The maximum Gasteiger partial charge on any atom is 0.164 e. The minimum absolute atomic E-state index is 0.326. The van der Waals surface area contributed by atoms with Crippen molar-refractivity contribution < 1.29 is 9.47 Å². The number of benzene rings is 1. The summed E-state index contributed by atoms with van der Waals surface area (Å²) in [4.78, 5) is 0. The van der Waals surface area contributed by atoms with Crippen LogP contribution < -0.4 is 9.47 Å². The van der Waals surface area contributed by atoms with E-state index in [1.165, 1.54) is 5.56 Å². The molecule has 0 radical (unpaired) electrons. The Balaban J connectivity index is 2.33. The van der Waals surface area contributed by atoms with E-state index in [4.69, 9.17) is 9.47 Å². The highest BCUT2D eigenvalue weighted by molar-refractivity contribution is 14.1. The van der Waals surface area contributed by atoms with Crippen LogP contribution in [0.15, 0.2) is 18.2 Å². The van der Waals surface area contributed by atoms with E-state index in [1.807, 2.05) is 12.1 Å². The Morgan fingerprint density at radius 1 is 1.62 bits per heavy atom. The second-order valence-corrected chi connectivity index (χ2v) is 3.93. The maximum atomic E-state index is 5.75. The molecule has 0 spiro atoms. The molecule has 0 bridgehead atoms. The van der Waals surface area contributed by atoms with Crippen molar-refractivity contribution in [1.82, 2.24) is 0 Å². The second-order valence-electron chi connectivity index (χ2n) is 3.05. The molecular formula is C10H11IO2. The Kier molecular flexibility index (Phi) is 2.62. The second kappa shape index (κ2) is 3.74. The molecule has 1 aliphatic rings. The highest BCUT2D eigenvalue weighted by Crippen LogP contribution is 2.37. The first-order chi connectivity index (χ1) is 6.35. The van der Waals surface area contributed by atoms with Crippen LogP contribution in [-0.4, -0.2) is 17.6 Å². The molecule has 0 saturated heterocycles. The van der Waals surface area contributed by atoms with Gasteiger partial charge in [0.25, 0.3) is 0 Å². The highest BCUT2D eigenvalue weighted by Gasteiger charge is 2.24. The molecule has 70 valence electrons. The van der Waals surface area contributed by atoms with Gasteiger partial charge in [0.15, 0.2) is 11.5 Å². The van der Waals surface area contributed by atoms with Gasteiger partial charge in [0.05, 0.1) is 7.11 Å². The molecule has 1 aromatic carbocycles. The molecule has 0 amide bonds. The zero-order valence-electron chi connectivity index (χ0n) is 7.42. The SMILES string of the molecule is COc1cccc2c1O[C@@H](CI)C2. The topological polar surface area (TPSA) is 18.5 Å². The van der Waals surface area contributed by atoms with E-state index >= 15 is 0 Å². The van der Waals surface area contributed by atoms with Crippen LogP contribution in [0, 0.1) is 0 Å².